The molecule has 26 heavy (non-hydrogen) atoms. The fourth-order valence-electron chi connectivity index (χ4n) is 2.14. The predicted molar refractivity (Wildman–Crippen MR) is 90.4 cm³/mol. The first-order valence-electron chi connectivity index (χ1n) is 7.74. The summed E-state index contributed by atoms with van der Waals surface area (Å²) in [6.07, 6.45) is -1.79. The van der Waals surface area contributed by atoms with Crippen LogP contribution >= 0.6 is 0 Å². The van der Waals surface area contributed by atoms with Crippen molar-refractivity contribution in [1.82, 2.24) is 10.6 Å². The number of nitrogens with two attached hydrogens (primary N) is 2. The number of amides is 3. The molecule has 8 N–H and O–H groups in total. The quantitative estimate of drug-likeness (QED) is 0.291. The Morgan fingerprint density at radius 2 is 1.65 bits per heavy atom. The normalized spacial score (nSPS) is 15.2. The molecule has 1 aromatic carbocycles. The van der Waals surface area contributed by atoms with Crippen molar-refractivity contribution in [3.05, 3.63) is 35.9 Å². The number of carboxylic acids is 1. The third-order valence-electron chi connectivity index (χ3n) is 3.49. The van der Waals surface area contributed by atoms with Crippen LogP contribution in [-0.2, 0) is 19.2 Å². The number of aliphatic carboxylic acids is 1. The van der Waals surface area contributed by atoms with Crippen LogP contribution in [0.25, 0.3) is 0 Å². The Balaban J connectivity index is 2.89. The predicted octanol–water partition coefficient (Wildman–Crippen LogP) is -2.00. The summed E-state index contributed by atoms with van der Waals surface area (Å²) in [5, 5.41) is 23.5. The number of carbonyl (C=O) groups excluding carboxylic acids is 3. The summed E-state index contributed by atoms with van der Waals surface area (Å²) >= 11 is 0. The monoisotopic (exact) mass is 366 g/mol. The third kappa shape index (κ3) is 6.15. The molecule has 3 amide bonds. The molecule has 0 aliphatic carbocycles. The average molecular weight is 366 g/mol. The van der Waals surface area contributed by atoms with Crippen molar-refractivity contribution in [3.8, 4) is 0 Å². The Morgan fingerprint density at radius 1 is 1.08 bits per heavy atom. The molecule has 0 unspecified atom stereocenters. The van der Waals surface area contributed by atoms with Crippen LogP contribution in [0.2, 0.25) is 0 Å². The fraction of sp³-hybridized carbons (Fsp3) is 0.375. The van der Waals surface area contributed by atoms with E-state index in [0.717, 1.165) is 0 Å². The molecule has 0 heterocycles. The molecule has 0 bridgehead atoms. The van der Waals surface area contributed by atoms with Gasteiger partial charge in [0.15, 0.2) is 6.04 Å². The van der Waals surface area contributed by atoms with E-state index < -0.39 is 54.3 Å². The standard InChI is InChI=1S/C16H22N4O6/c1-8(21)12(19-14(23)10(17)7-11(18)22)15(24)20-13(16(25)26)9-5-3-2-4-6-9/h2-6,8,10,12-13,21H,7,17H2,1H3,(H2,18,22)(H,19,23)(H,20,24)(H,25,26)/t8-,10+,12+,13-/m0/s1. The van der Waals surface area contributed by atoms with Crippen LogP contribution in [0.3, 0.4) is 0 Å². The Hall–Kier alpha value is -2.98. The number of hydrogen-bond donors (Lipinski definition) is 6. The van der Waals surface area contributed by atoms with E-state index in [9.17, 15) is 29.4 Å². The molecular formula is C16H22N4O6. The van der Waals surface area contributed by atoms with Gasteiger partial charge in [-0.25, -0.2) is 4.79 Å². The van der Waals surface area contributed by atoms with Crippen molar-refractivity contribution >= 4 is 23.7 Å². The average Bonchev–Trinajstić information content (AvgIpc) is 2.56. The van der Waals surface area contributed by atoms with Gasteiger partial charge in [-0.05, 0) is 12.5 Å². The van der Waals surface area contributed by atoms with Crippen molar-refractivity contribution in [2.24, 2.45) is 11.5 Å². The van der Waals surface area contributed by atoms with Crippen LogP contribution in [0.4, 0.5) is 0 Å². The lowest BCUT2D eigenvalue weighted by Crippen LogP contribution is -2.57. The van der Waals surface area contributed by atoms with Crippen molar-refractivity contribution < 1.29 is 29.4 Å². The van der Waals surface area contributed by atoms with Crippen molar-refractivity contribution in [2.75, 3.05) is 0 Å². The number of hydrogen-bond acceptors (Lipinski definition) is 6. The number of carbonyl (C=O) groups is 4. The lowest BCUT2D eigenvalue weighted by molar-refractivity contribution is -0.143. The van der Waals surface area contributed by atoms with Gasteiger partial charge in [-0.2, -0.15) is 0 Å². The molecule has 0 aromatic heterocycles. The first-order valence-corrected chi connectivity index (χ1v) is 7.74. The van der Waals surface area contributed by atoms with Gasteiger partial charge in [0.2, 0.25) is 17.7 Å². The molecule has 4 atom stereocenters. The molecule has 10 nitrogen and oxygen atoms in total. The Kier molecular flexibility index (Phi) is 7.69. The zero-order chi connectivity index (χ0) is 19.9. The molecule has 0 aliphatic rings. The Bertz CT molecular complexity index is 664. The number of nitrogens with one attached hydrogen (secondary N) is 2. The second-order valence-corrected chi connectivity index (χ2v) is 5.69. The molecule has 142 valence electrons. The number of carboxylic acid groups (broad SMARTS) is 1. The molecule has 0 saturated carbocycles. The van der Waals surface area contributed by atoms with Gasteiger partial charge in [-0.1, -0.05) is 30.3 Å². The summed E-state index contributed by atoms with van der Waals surface area (Å²) in [5.74, 6) is -3.92. The summed E-state index contributed by atoms with van der Waals surface area (Å²) in [6, 6.07) is 3.78. The summed E-state index contributed by atoms with van der Waals surface area (Å²) < 4.78 is 0. The minimum Gasteiger partial charge on any atom is -0.479 e. The Morgan fingerprint density at radius 3 is 2.12 bits per heavy atom. The van der Waals surface area contributed by atoms with Gasteiger partial charge in [0.25, 0.3) is 0 Å². The van der Waals surface area contributed by atoms with Crippen molar-refractivity contribution in [3.63, 3.8) is 0 Å². The van der Waals surface area contributed by atoms with Gasteiger partial charge < -0.3 is 32.3 Å². The second kappa shape index (κ2) is 9.49. The molecule has 0 aliphatic heterocycles. The number of aliphatic hydroxyl groups is 1. The van der Waals surface area contributed by atoms with Gasteiger partial charge in [0.05, 0.1) is 18.6 Å². The van der Waals surface area contributed by atoms with E-state index in [1.54, 1.807) is 18.2 Å². The van der Waals surface area contributed by atoms with Crippen LogP contribution < -0.4 is 22.1 Å². The zero-order valence-corrected chi connectivity index (χ0v) is 14.1. The highest BCUT2D eigenvalue weighted by molar-refractivity contribution is 5.93. The molecule has 0 spiro atoms. The maximum Gasteiger partial charge on any atom is 0.330 e. The fourth-order valence-corrected chi connectivity index (χ4v) is 2.14. The highest BCUT2D eigenvalue weighted by atomic mass is 16.4. The summed E-state index contributed by atoms with van der Waals surface area (Å²) in [6.45, 7) is 1.24. The summed E-state index contributed by atoms with van der Waals surface area (Å²) in [5.41, 5.74) is 10.8. The second-order valence-electron chi connectivity index (χ2n) is 5.69. The molecule has 1 aromatic rings. The largest absolute Gasteiger partial charge is 0.479 e. The molecule has 1 rings (SSSR count). The molecule has 0 fully saturated rings. The van der Waals surface area contributed by atoms with E-state index in [0.29, 0.717) is 5.56 Å². The van der Waals surface area contributed by atoms with Crippen LogP contribution in [0.5, 0.6) is 0 Å². The lowest BCUT2D eigenvalue weighted by atomic mass is 10.1. The topological polar surface area (TPSA) is 185 Å². The minimum atomic E-state index is -1.47. The van der Waals surface area contributed by atoms with Gasteiger partial charge >= 0.3 is 5.97 Å². The first-order chi connectivity index (χ1) is 12.1. The van der Waals surface area contributed by atoms with Crippen molar-refractivity contribution in [1.29, 1.82) is 0 Å². The van der Waals surface area contributed by atoms with Gasteiger partial charge in [-0.15, -0.1) is 0 Å². The van der Waals surface area contributed by atoms with Crippen LogP contribution in [0, 0.1) is 0 Å². The van der Waals surface area contributed by atoms with E-state index in [4.69, 9.17) is 11.5 Å². The molecule has 10 heteroatoms. The number of benzene rings is 1. The summed E-state index contributed by atoms with van der Waals surface area (Å²) in [4.78, 5) is 46.6. The van der Waals surface area contributed by atoms with Crippen LogP contribution in [0.1, 0.15) is 24.9 Å². The highest BCUT2D eigenvalue weighted by Gasteiger charge is 2.31. The minimum absolute atomic E-state index is 0.314. The van der Waals surface area contributed by atoms with E-state index >= 15 is 0 Å². The molecular weight excluding hydrogens is 344 g/mol. The Labute approximate surface area is 149 Å². The first kappa shape index (κ1) is 21.1. The van der Waals surface area contributed by atoms with Gasteiger partial charge in [0.1, 0.15) is 6.04 Å². The number of rotatable bonds is 9. The van der Waals surface area contributed by atoms with E-state index in [-0.39, 0.29) is 0 Å². The van der Waals surface area contributed by atoms with Gasteiger partial charge in [-0.3, -0.25) is 14.4 Å². The molecule has 0 saturated heterocycles. The number of primary amides is 1. The van der Waals surface area contributed by atoms with E-state index in [1.807, 2.05) is 0 Å². The van der Waals surface area contributed by atoms with Gasteiger partial charge in [0, 0.05) is 0 Å². The molecule has 0 radical (unpaired) electrons. The smallest absolute Gasteiger partial charge is 0.330 e. The van der Waals surface area contributed by atoms with Crippen molar-refractivity contribution in [2.45, 2.75) is 37.6 Å². The van der Waals surface area contributed by atoms with E-state index in [1.165, 1.54) is 19.1 Å². The van der Waals surface area contributed by atoms with E-state index in [2.05, 4.69) is 10.6 Å². The summed E-state index contributed by atoms with van der Waals surface area (Å²) in [7, 11) is 0. The highest BCUT2D eigenvalue weighted by Crippen LogP contribution is 2.13. The number of aliphatic hydroxyl groups excluding tert-OH is 1. The third-order valence-corrected chi connectivity index (χ3v) is 3.49. The lowest BCUT2D eigenvalue weighted by Gasteiger charge is -2.24. The SMILES string of the molecule is C[C@H](O)[C@@H](NC(=O)[C@H](N)CC(N)=O)C(=O)N[C@H](C(=O)O)c1ccccc1. The van der Waals surface area contributed by atoms with Crippen LogP contribution in [0.15, 0.2) is 30.3 Å². The zero-order valence-electron chi connectivity index (χ0n) is 14.1. The maximum absolute atomic E-state index is 12.4. The van der Waals surface area contributed by atoms with Crippen LogP contribution in [-0.4, -0.2) is 52.1 Å². The maximum atomic E-state index is 12.4.